The summed E-state index contributed by atoms with van der Waals surface area (Å²) in [5, 5.41) is 11.6. The van der Waals surface area contributed by atoms with Gasteiger partial charge in [-0.3, -0.25) is 4.79 Å². The Morgan fingerprint density at radius 2 is 1.88 bits per heavy atom. The maximum Gasteiger partial charge on any atom is 0.326 e. The fraction of sp³-hybridized carbons (Fsp3) is 0.500. The van der Waals surface area contributed by atoms with Gasteiger partial charge >= 0.3 is 5.97 Å². The summed E-state index contributed by atoms with van der Waals surface area (Å²) in [6, 6.07) is 4.46. The van der Waals surface area contributed by atoms with Crippen LogP contribution < -0.4 is 14.8 Å². The SMILES string of the molecule is COc1cc(/C=C/C(=O)N[C@H](C(=O)O)C(C)C)ccc1OCCC(C)C. The van der Waals surface area contributed by atoms with E-state index in [2.05, 4.69) is 19.2 Å². The van der Waals surface area contributed by atoms with Crippen molar-refractivity contribution in [2.75, 3.05) is 13.7 Å². The Kier molecular flexibility index (Phi) is 8.68. The van der Waals surface area contributed by atoms with Crippen molar-refractivity contribution in [3.05, 3.63) is 29.8 Å². The number of aliphatic carboxylic acids is 1. The predicted octanol–water partition coefficient (Wildman–Crippen LogP) is 3.36. The van der Waals surface area contributed by atoms with Gasteiger partial charge in [0.15, 0.2) is 11.5 Å². The number of carboxylic acid groups (broad SMARTS) is 1. The van der Waals surface area contributed by atoms with Crippen LogP contribution in [0.4, 0.5) is 0 Å². The van der Waals surface area contributed by atoms with Crippen molar-refractivity contribution in [2.45, 2.75) is 40.2 Å². The third-order valence-electron chi connectivity index (χ3n) is 3.80. The highest BCUT2D eigenvalue weighted by molar-refractivity contribution is 5.94. The Morgan fingerprint density at radius 1 is 1.19 bits per heavy atom. The lowest BCUT2D eigenvalue weighted by Gasteiger charge is -2.16. The molecule has 0 aromatic heterocycles. The highest BCUT2D eigenvalue weighted by atomic mass is 16.5. The molecule has 6 nitrogen and oxygen atoms in total. The number of benzene rings is 1. The van der Waals surface area contributed by atoms with Gasteiger partial charge < -0.3 is 19.9 Å². The van der Waals surface area contributed by atoms with Crippen molar-refractivity contribution < 1.29 is 24.2 Å². The van der Waals surface area contributed by atoms with Gasteiger partial charge in [0.25, 0.3) is 0 Å². The molecule has 0 aliphatic heterocycles. The molecule has 0 radical (unpaired) electrons. The van der Waals surface area contributed by atoms with E-state index in [1.165, 1.54) is 6.08 Å². The predicted molar refractivity (Wildman–Crippen MR) is 101 cm³/mol. The number of hydrogen-bond acceptors (Lipinski definition) is 4. The maximum absolute atomic E-state index is 11.9. The standard InChI is InChI=1S/C20H29NO5/c1-13(2)10-11-26-16-8-6-15(12-17(16)25-5)7-9-18(22)21-19(14(3)4)20(23)24/h6-9,12-14,19H,10-11H2,1-5H3,(H,21,22)(H,23,24)/b9-7+/t19-/m0/s1. The lowest BCUT2D eigenvalue weighted by atomic mass is 10.0. The number of hydrogen-bond donors (Lipinski definition) is 2. The van der Waals surface area contributed by atoms with Gasteiger partial charge in [0.2, 0.25) is 5.91 Å². The molecule has 0 fully saturated rings. The van der Waals surface area contributed by atoms with E-state index in [4.69, 9.17) is 14.6 Å². The monoisotopic (exact) mass is 363 g/mol. The first kappa shape index (κ1) is 21.5. The molecule has 1 aromatic carbocycles. The van der Waals surface area contributed by atoms with Gasteiger partial charge in [-0.25, -0.2) is 4.79 Å². The molecule has 0 spiro atoms. The first-order valence-electron chi connectivity index (χ1n) is 8.76. The molecular weight excluding hydrogens is 334 g/mol. The number of nitrogens with one attached hydrogen (secondary N) is 1. The second kappa shape index (κ2) is 10.5. The number of carbonyl (C=O) groups excluding carboxylic acids is 1. The summed E-state index contributed by atoms with van der Waals surface area (Å²) < 4.78 is 11.1. The first-order valence-corrected chi connectivity index (χ1v) is 8.76. The van der Waals surface area contributed by atoms with Crippen LogP contribution in [0.1, 0.15) is 39.7 Å². The molecule has 1 atom stereocenters. The Balaban J connectivity index is 2.75. The Morgan fingerprint density at radius 3 is 2.42 bits per heavy atom. The number of carbonyl (C=O) groups is 2. The highest BCUT2D eigenvalue weighted by Gasteiger charge is 2.22. The van der Waals surface area contributed by atoms with Crippen molar-refractivity contribution in [3.8, 4) is 11.5 Å². The molecule has 6 heteroatoms. The fourth-order valence-electron chi connectivity index (χ4n) is 2.20. The number of amides is 1. The van der Waals surface area contributed by atoms with Crippen LogP contribution >= 0.6 is 0 Å². The van der Waals surface area contributed by atoms with E-state index in [0.29, 0.717) is 24.0 Å². The van der Waals surface area contributed by atoms with Crippen molar-refractivity contribution in [1.29, 1.82) is 0 Å². The molecule has 26 heavy (non-hydrogen) atoms. The zero-order valence-electron chi connectivity index (χ0n) is 16.1. The fourth-order valence-corrected chi connectivity index (χ4v) is 2.20. The maximum atomic E-state index is 11.9. The quantitative estimate of drug-likeness (QED) is 0.623. The second-order valence-corrected chi connectivity index (χ2v) is 6.84. The summed E-state index contributed by atoms with van der Waals surface area (Å²) in [6.45, 7) is 8.36. The Labute approximate surface area is 155 Å². The Bertz CT molecular complexity index is 637. The molecule has 0 saturated heterocycles. The molecule has 144 valence electrons. The van der Waals surface area contributed by atoms with Crippen LogP contribution in [0.25, 0.3) is 6.08 Å². The van der Waals surface area contributed by atoms with Gasteiger partial charge in [0.1, 0.15) is 6.04 Å². The molecule has 1 aromatic rings. The van der Waals surface area contributed by atoms with Crippen molar-refractivity contribution in [2.24, 2.45) is 11.8 Å². The normalized spacial score (nSPS) is 12.4. The van der Waals surface area contributed by atoms with Gasteiger partial charge in [-0.15, -0.1) is 0 Å². The average molecular weight is 363 g/mol. The summed E-state index contributed by atoms with van der Waals surface area (Å²) in [5.74, 6) is 0.0884. The highest BCUT2D eigenvalue weighted by Crippen LogP contribution is 2.28. The first-order chi connectivity index (χ1) is 12.2. The second-order valence-electron chi connectivity index (χ2n) is 6.84. The lowest BCUT2D eigenvalue weighted by Crippen LogP contribution is -2.43. The lowest BCUT2D eigenvalue weighted by molar-refractivity contribution is -0.142. The van der Waals surface area contributed by atoms with Crippen LogP contribution in [0.5, 0.6) is 11.5 Å². The summed E-state index contributed by atoms with van der Waals surface area (Å²) in [4.78, 5) is 23.1. The van der Waals surface area contributed by atoms with E-state index in [-0.39, 0.29) is 5.92 Å². The molecule has 1 amide bonds. The van der Waals surface area contributed by atoms with E-state index in [1.54, 1.807) is 39.2 Å². The van der Waals surface area contributed by atoms with E-state index >= 15 is 0 Å². The largest absolute Gasteiger partial charge is 0.493 e. The average Bonchev–Trinajstić information content (AvgIpc) is 2.57. The van der Waals surface area contributed by atoms with Gasteiger partial charge in [-0.2, -0.15) is 0 Å². The molecule has 0 aliphatic carbocycles. The van der Waals surface area contributed by atoms with E-state index in [0.717, 1.165) is 12.0 Å². The van der Waals surface area contributed by atoms with Crippen molar-refractivity contribution >= 4 is 18.0 Å². The van der Waals surface area contributed by atoms with E-state index in [1.807, 2.05) is 6.07 Å². The summed E-state index contributed by atoms with van der Waals surface area (Å²) >= 11 is 0. The van der Waals surface area contributed by atoms with Crippen LogP contribution in [-0.4, -0.2) is 36.7 Å². The Hall–Kier alpha value is -2.50. The van der Waals surface area contributed by atoms with Crippen LogP contribution in [0.2, 0.25) is 0 Å². The number of ether oxygens (including phenoxy) is 2. The van der Waals surface area contributed by atoms with Crippen LogP contribution in [0.15, 0.2) is 24.3 Å². The molecular formula is C20H29NO5. The van der Waals surface area contributed by atoms with Gasteiger partial charge in [0, 0.05) is 6.08 Å². The summed E-state index contributed by atoms with van der Waals surface area (Å²) in [6.07, 6.45) is 3.87. The zero-order chi connectivity index (χ0) is 19.7. The zero-order valence-corrected chi connectivity index (χ0v) is 16.1. The van der Waals surface area contributed by atoms with Crippen LogP contribution in [0.3, 0.4) is 0 Å². The van der Waals surface area contributed by atoms with Gasteiger partial charge in [0.05, 0.1) is 13.7 Å². The minimum Gasteiger partial charge on any atom is -0.493 e. The van der Waals surface area contributed by atoms with Crippen molar-refractivity contribution in [1.82, 2.24) is 5.32 Å². The molecule has 0 heterocycles. The minimum atomic E-state index is -1.05. The molecule has 0 bridgehead atoms. The van der Waals surface area contributed by atoms with E-state index in [9.17, 15) is 9.59 Å². The number of methoxy groups -OCH3 is 1. The third kappa shape index (κ3) is 7.17. The summed E-state index contributed by atoms with van der Waals surface area (Å²) in [5.41, 5.74) is 0.754. The third-order valence-corrected chi connectivity index (χ3v) is 3.80. The molecule has 0 aliphatic rings. The topological polar surface area (TPSA) is 84.9 Å². The number of rotatable bonds is 10. The van der Waals surface area contributed by atoms with Crippen molar-refractivity contribution in [3.63, 3.8) is 0 Å². The molecule has 0 saturated carbocycles. The van der Waals surface area contributed by atoms with Crippen LogP contribution in [0, 0.1) is 11.8 Å². The van der Waals surface area contributed by atoms with E-state index < -0.39 is 17.9 Å². The minimum absolute atomic E-state index is 0.202. The van der Waals surface area contributed by atoms with Gasteiger partial charge in [-0.05, 0) is 42.0 Å². The van der Waals surface area contributed by atoms with Crippen LogP contribution in [-0.2, 0) is 9.59 Å². The molecule has 1 rings (SSSR count). The van der Waals surface area contributed by atoms with Gasteiger partial charge in [-0.1, -0.05) is 33.8 Å². The molecule has 2 N–H and O–H groups in total. The molecule has 0 unspecified atom stereocenters. The summed E-state index contributed by atoms with van der Waals surface area (Å²) in [7, 11) is 1.56. The number of carboxylic acids is 1. The smallest absolute Gasteiger partial charge is 0.326 e.